The van der Waals surface area contributed by atoms with Crippen LogP contribution in [0.2, 0.25) is 0 Å². The summed E-state index contributed by atoms with van der Waals surface area (Å²) >= 11 is 3.21. The lowest BCUT2D eigenvalue weighted by Crippen LogP contribution is -2.35. The van der Waals surface area contributed by atoms with Crippen molar-refractivity contribution in [2.75, 3.05) is 6.54 Å². The van der Waals surface area contributed by atoms with Gasteiger partial charge in [0.2, 0.25) is 0 Å². The minimum absolute atomic E-state index is 0.0710. The van der Waals surface area contributed by atoms with Crippen LogP contribution in [-0.4, -0.2) is 16.5 Å². The van der Waals surface area contributed by atoms with E-state index in [0.29, 0.717) is 11.0 Å². The molecule has 2 aromatic rings. The fourth-order valence-electron chi connectivity index (χ4n) is 3.20. The van der Waals surface area contributed by atoms with Crippen LogP contribution in [0.5, 0.6) is 0 Å². The monoisotopic (exact) mass is 339 g/mol. The summed E-state index contributed by atoms with van der Waals surface area (Å²) in [5.41, 5.74) is 7.55. The Bertz CT molecular complexity index is 576. The molecule has 1 aromatic carbocycles. The number of aromatic nitrogens is 2. The van der Waals surface area contributed by atoms with E-state index in [1.165, 1.54) is 31.7 Å². The average Bonchev–Trinajstić information content (AvgIpc) is 2.71. The maximum atomic E-state index is 13.6. The zero-order chi connectivity index (χ0) is 14.2. The van der Waals surface area contributed by atoms with Gasteiger partial charge in [-0.25, -0.2) is 9.37 Å². The lowest BCUT2D eigenvalue weighted by atomic mass is 9.79. The predicted molar refractivity (Wildman–Crippen MR) is 82.2 cm³/mol. The van der Waals surface area contributed by atoms with Gasteiger partial charge >= 0.3 is 0 Å². The minimum Gasteiger partial charge on any atom is -0.341 e. The summed E-state index contributed by atoms with van der Waals surface area (Å²) in [6.07, 6.45) is 7.03. The molecule has 1 aliphatic carbocycles. The molecular weight excluding hydrogens is 321 g/mol. The molecule has 0 bridgehead atoms. The van der Waals surface area contributed by atoms with E-state index in [1.807, 2.05) is 0 Å². The Morgan fingerprint density at radius 3 is 2.60 bits per heavy atom. The molecule has 3 N–H and O–H groups in total. The number of aromatic amines is 1. The predicted octanol–water partition coefficient (Wildman–Crippen LogP) is 4.02. The quantitative estimate of drug-likeness (QED) is 0.812. The van der Waals surface area contributed by atoms with Gasteiger partial charge in [0.15, 0.2) is 0 Å². The first-order valence-corrected chi connectivity index (χ1v) is 7.99. The Hall–Kier alpha value is -0.940. The second-order valence-electron chi connectivity index (χ2n) is 5.77. The maximum absolute atomic E-state index is 13.6. The highest BCUT2D eigenvalue weighted by Gasteiger charge is 2.34. The van der Waals surface area contributed by atoms with Crippen molar-refractivity contribution in [3.8, 4) is 0 Å². The van der Waals surface area contributed by atoms with E-state index in [4.69, 9.17) is 10.7 Å². The molecule has 3 rings (SSSR count). The highest BCUT2D eigenvalue weighted by atomic mass is 79.9. The number of imidazole rings is 1. The standard InChI is InChI=1S/C15H19BrFN3/c16-10-7-12-13(8-11(10)17)20-14(19-12)15(9-18)5-3-1-2-4-6-15/h7-8H,1-6,9,18H2,(H,19,20). The number of nitrogens with one attached hydrogen (secondary N) is 1. The van der Waals surface area contributed by atoms with Gasteiger partial charge in [-0.1, -0.05) is 25.7 Å². The van der Waals surface area contributed by atoms with Crippen LogP contribution in [0.25, 0.3) is 11.0 Å². The van der Waals surface area contributed by atoms with Gasteiger partial charge in [0.05, 0.1) is 15.5 Å². The van der Waals surface area contributed by atoms with E-state index in [1.54, 1.807) is 6.07 Å². The largest absolute Gasteiger partial charge is 0.341 e. The summed E-state index contributed by atoms with van der Waals surface area (Å²) in [6, 6.07) is 3.22. The second kappa shape index (κ2) is 5.45. The van der Waals surface area contributed by atoms with Crippen LogP contribution < -0.4 is 5.73 Å². The number of rotatable bonds is 2. The highest BCUT2D eigenvalue weighted by molar-refractivity contribution is 9.10. The summed E-state index contributed by atoms with van der Waals surface area (Å²) < 4.78 is 14.1. The van der Waals surface area contributed by atoms with E-state index in [9.17, 15) is 4.39 Å². The summed E-state index contributed by atoms with van der Waals surface area (Å²) in [7, 11) is 0. The van der Waals surface area contributed by atoms with Crippen LogP contribution in [0, 0.1) is 5.82 Å². The van der Waals surface area contributed by atoms with Crippen LogP contribution in [0.3, 0.4) is 0 Å². The Kier molecular flexibility index (Phi) is 3.82. The molecule has 0 radical (unpaired) electrons. The molecular formula is C15H19BrFN3. The molecule has 0 atom stereocenters. The number of hydrogen-bond acceptors (Lipinski definition) is 2. The number of benzene rings is 1. The Labute approximate surface area is 126 Å². The molecule has 0 aliphatic heterocycles. The van der Waals surface area contributed by atoms with E-state index in [2.05, 4.69) is 20.9 Å². The fraction of sp³-hybridized carbons (Fsp3) is 0.533. The number of fused-ring (bicyclic) bond motifs is 1. The minimum atomic E-state index is -0.268. The SMILES string of the molecule is NCC1(c2nc3cc(Br)c(F)cc3[nH]2)CCCCCC1. The zero-order valence-corrected chi connectivity index (χ0v) is 13.0. The smallest absolute Gasteiger partial charge is 0.139 e. The van der Waals surface area contributed by atoms with Crippen LogP contribution in [0.1, 0.15) is 44.3 Å². The van der Waals surface area contributed by atoms with Crippen LogP contribution >= 0.6 is 15.9 Å². The fourth-order valence-corrected chi connectivity index (χ4v) is 3.53. The van der Waals surface area contributed by atoms with Crippen LogP contribution in [0.15, 0.2) is 16.6 Å². The third-order valence-corrected chi connectivity index (χ3v) is 5.09. The van der Waals surface area contributed by atoms with Crippen molar-refractivity contribution in [2.45, 2.75) is 43.9 Å². The van der Waals surface area contributed by atoms with E-state index in [0.717, 1.165) is 29.7 Å². The first-order chi connectivity index (χ1) is 9.64. The molecule has 0 unspecified atom stereocenters. The summed E-state index contributed by atoms with van der Waals surface area (Å²) in [5, 5.41) is 0. The van der Waals surface area contributed by atoms with Crippen molar-refractivity contribution < 1.29 is 4.39 Å². The number of nitrogens with two attached hydrogens (primary N) is 1. The zero-order valence-electron chi connectivity index (χ0n) is 11.4. The van der Waals surface area contributed by atoms with Crippen molar-refractivity contribution in [1.82, 2.24) is 9.97 Å². The third kappa shape index (κ3) is 2.37. The van der Waals surface area contributed by atoms with Crippen molar-refractivity contribution in [3.05, 3.63) is 28.2 Å². The second-order valence-corrected chi connectivity index (χ2v) is 6.62. The summed E-state index contributed by atoms with van der Waals surface area (Å²) in [5.74, 6) is 0.657. The molecule has 0 spiro atoms. The van der Waals surface area contributed by atoms with E-state index >= 15 is 0 Å². The van der Waals surface area contributed by atoms with Gasteiger partial charge in [0, 0.05) is 18.0 Å². The molecule has 108 valence electrons. The number of halogens is 2. The number of H-pyrrole nitrogens is 1. The molecule has 0 saturated heterocycles. The molecule has 3 nitrogen and oxygen atoms in total. The first kappa shape index (κ1) is 14.0. The highest BCUT2D eigenvalue weighted by Crippen LogP contribution is 2.37. The number of nitrogens with zero attached hydrogens (tertiary/aromatic N) is 1. The van der Waals surface area contributed by atoms with Crippen molar-refractivity contribution in [3.63, 3.8) is 0 Å². The van der Waals surface area contributed by atoms with Crippen molar-refractivity contribution >= 4 is 27.0 Å². The van der Waals surface area contributed by atoms with Gasteiger partial charge in [-0.2, -0.15) is 0 Å². The van der Waals surface area contributed by atoms with Gasteiger partial charge in [-0.3, -0.25) is 0 Å². The molecule has 5 heteroatoms. The first-order valence-electron chi connectivity index (χ1n) is 7.20. The molecule has 1 fully saturated rings. The van der Waals surface area contributed by atoms with Crippen molar-refractivity contribution in [2.24, 2.45) is 5.73 Å². The average molecular weight is 340 g/mol. The normalized spacial score (nSPS) is 19.1. The molecule has 1 saturated carbocycles. The van der Waals surface area contributed by atoms with Crippen LogP contribution in [0.4, 0.5) is 4.39 Å². The van der Waals surface area contributed by atoms with Gasteiger partial charge in [-0.15, -0.1) is 0 Å². The summed E-state index contributed by atoms with van der Waals surface area (Å²) in [4.78, 5) is 7.99. The van der Waals surface area contributed by atoms with Gasteiger partial charge in [0.25, 0.3) is 0 Å². The van der Waals surface area contributed by atoms with Crippen molar-refractivity contribution in [1.29, 1.82) is 0 Å². The van der Waals surface area contributed by atoms with Gasteiger partial charge in [0.1, 0.15) is 11.6 Å². The molecule has 1 heterocycles. The summed E-state index contributed by atoms with van der Waals surface area (Å²) in [6.45, 7) is 0.594. The number of hydrogen-bond donors (Lipinski definition) is 2. The molecule has 1 aliphatic rings. The molecule has 0 amide bonds. The Morgan fingerprint density at radius 2 is 1.95 bits per heavy atom. The Morgan fingerprint density at radius 1 is 1.25 bits per heavy atom. The molecule has 20 heavy (non-hydrogen) atoms. The van der Waals surface area contributed by atoms with E-state index < -0.39 is 0 Å². The van der Waals surface area contributed by atoms with E-state index in [-0.39, 0.29) is 11.2 Å². The maximum Gasteiger partial charge on any atom is 0.139 e. The molecule has 1 aromatic heterocycles. The lowest BCUT2D eigenvalue weighted by Gasteiger charge is -2.29. The van der Waals surface area contributed by atoms with Crippen LogP contribution in [-0.2, 0) is 5.41 Å². The topological polar surface area (TPSA) is 54.7 Å². The van der Waals surface area contributed by atoms with Gasteiger partial charge in [-0.05, 0) is 34.8 Å². The lowest BCUT2D eigenvalue weighted by molar-refractivity contribution is 0.363. The van der Waals surface area contributed by atoms with Gasteiger partial charge < -0.3 is 10.7 Å². The third-order valence-electron chi connectivity index (χ3n) is 4.48. The Balaban J connectivity index is 2.07.